The van der Waals surface area contributed by atoms with E-state index in [1.807, 2.05) is 37.3 Å². The summed E-state index contributed by atoms with van der Waals surface area (Å²) >= 11 is 3.34. The van der Waals surface area contributed by atoms with Crippen molar-refractivity contribution in [3.63, 3.8) is 0 Å². The van der Waals surface area contributed by atoms with E-state index in [1.54, 1.807) is 54.6 Å². The van der Waals surface area contributed by atoms with Gasteiger partial charge in [0.1, 0.15) is 0 Å². The van der Waals surface area contributed by atoms with E-state index in [-0.39, 0.29) is 29.4 Å². The third kappa shape index (κ3) is 5.11. The highest BCUT2D eigenvalue weighted by Gasteiger charge is 2.47. The number of ether oxygens (including phenoxy) is 1. The zero-order valence-electron chi connectivity index (χ0n) is 22.2. The van der Waals surface area contributed by atoms with Crippen molar-refractivity contribution in [1.82, 2.24) is 4.98 Å². The SMILES string of the molecule is Cc1ccc2nc(-c3ccc(N4C(=O)[C@H]5CC=CC[C@H]5C4=O)cc3)cc(C(=O)OCC(=O)c3ccc(Br)cc3)c2c1. The van der Waals surface area contributed by atoms with E-state index in [4.69, 9.17) is 9.72 Å². The van der Waals surface area contributed by atoms with Crippen LogP contribution in [-0.2, 0) is 14.3 Å². The second kappa shape index (κ2) is 10.9. The normalized spacial score (nSPS) is 18.0. The van der Waals surface area contributed by atoms with Crippen molar-refractivity contribution in [2.24, 2.45) is 11.8 Å². The van der Waals surface area contributed by atoms with Crippen molar-refractivity contribution < 1.29 is 23.9 Å². The van der Waals surface area contributed by atoms with E-state index >= 15 is 0 Å². The van der Waals surface area contributed by atoms with Crippen LogP contribution in [0.15, 0.2) is 89.4 Å². The lowest BCUT2D eigenvalue weighted by atomic mass is 9.85. The van der Waals surface area contributed by atoms with Crippen molar-refractivity contribution in [3.05, 3.63) is 106 Å². The molecule has 0 unspecified atom stereocenters. The van der Waals surface area contributed by atoms with Gasteiger partial charge in [0.15, 0.2) is 12.4 Å². The molecule has 0 N–H and O–H groups in total. The molecule has 2 aliphatic rings. The third-order valence-electron chi connectivity index (χ3n) is 7.61. The number of anilines is 1. The molecule has 1 aliphatic carbocycles. The van der Waals surface area contributed by atoms with Gasteiger partial charge < -0.3 is 4.74 Å². The third-order valence-corrected chi connectivity index (χ3v) is 8.14. The Morgan fingerprint density at radius 1 is 0.902 bits per heavy atom. The number of hydrogen-bond donors (Lipinski definition) is 0. The number of Topliss-reactive ketones (excluding diaryl/α,β-unsaturated/α-hetero) is 1. The van der Waals surface area contributed by atoms with Gasteiger partial charge in [0.05, 0.1) is 34.3 Å². The monoisotopic (exact) mass is 608 g/mol. The summed E-state index contributed by atoms with van der Waals surface area (Å²) in [6.45, 7) is 1.53. The Morgan fingerprint density at radius 3 is 2.22 bits per heavy atom. The number of nitrogens with zero attached hydrogens (tertiary/aromatic N) is 2. The van der Waals surface area contributed by atoms with Gasteiger partial charge >= 0.3 is 5.97 Å². The number of esters is 1. The molecule has 4 aromatic rings. The topological polar surface area (TPSA) is 93.6 Å². The summed E-state index contributed by atoms with van der Waals surface area (Å²) in [5, 5.41) is 0.621. The van der Waals surface area contributed by atoms with E-state index < -0.39 is 12.6 Å². The van der Waals surface area contributed by atoms with Gasteiger partial charge in [0.25, 0.3) is 0 Å². The average molecular weight is 609 g/mol. The van der Waals surface area contributed by atoms with Gasteiger partial charge in [-0.1, -0.05) is 64.0 Å². The molecule has 0 bridgehead atoms. The maximum Gasteiger partial charge on any atom is 0.339 e. The molecule has 41 heavy (non-hydrogen) atoms. The van der Waals surface area contributed by atoms with E-state index in [2.05, 4.69) is 15.9 Å². The molecule has 2 atom stereocenters. The number of amides is 2. The molecule has 2 heterocycles. The maximum absolute atomic E-state index is 13.3. The highest BCUT2D eigenvalue weighted by Crippen LogP contribution is 2.38. The molecule has 1 aromatic heterocycles. The van der Waals surface area contributed by atoms with Crippen molar-refractivity contribution in [2.45, 2.75) is 19.8 Å². The summed E-state index contributed by atoms with van der Waals surface area (Å²) in [6.07, 6.45) is 5.09. The number of fused-ring (bicyclic) bond motifs is 2. The maximum atomic E-state index is 13.3. The smallest absolute Gasteiger partial charge is 0.339 e. The van der Waals surface area contributed by atoms with Gasteiger partial charge in [-0.05, 0) is 62.2 Å². The van der Waals surface area contributed by atoms with Crippen LogP contribution in [-0.4, -0.2) is 35.2 Å². The molecule has 204 valence electrons. The van der Waals surface area contributed by atoms with Crippen LogP contribution in [0.2, 0.25) is 0 Å². The second-order valence-corrected chi connectivity index (χ2v) is 11.2. The Bertz CT molecular complexity index is 1720. The number of halogens is 1. The number of hydrogen-bond acceptors (Lipinski definition) is 6. The first-order valence-electron chi connectivity index (χ1n) is 13.3. The highest BCUT2D eigenvalue weighted by atomic mass is 79.9. The van der Waals surface area contributed by atoms with Crippen LogP contribution in [0.3, 0.4) is 0 Å². The fraction of sp³-hybridized carbons (Fsp3) is 0.182. The molecule has 1 fully saturated rings. The predicted octanol–water partition coefficient (Wildman–Crippen LogP) is 6.47. The highest BCUT2D eigenvalue weighted by molar-refractivity contribution is 9.10. The molecular weight excluding hydrogens is 584 g/mol. The Balaban J connectivity index is 1.28. The van der Waals surface area contributed by atoms with Crippen LogP contribution in [0.1, 0.15) is 39.1 Å². The second-order valence-electron chi connectivity index (χ2n) is 10.3. The zero-order valence-corrected chi connectivity index (χ0v) is 23.8. The molecule has 3 aromatic carbocycles. The number of pyridine rings is 1. The number of carbonyl (C=O) groups excluding carboxylic acids is 4. The number of imide groups is 1. The Labute approximate surface area is 245 Å². The van der Waals surface area contributed by atoms with Gasteiger partial charge in [-0.25, -0.2) is 9.78 Å². The summed E-state index contributed by atoms with van der Waals surface area (Å²) in [5.41, 5.74) is 4.04. The standard InChI is InChI=1S/C33H25BrN2O5/c1-19-6-15-28-26(16-19)27(33(40)41-18-30(37)21-7-11-22(34)12-8-21)17-29(35-28)20-9-13-23(14-10-20)36-31(38)24-4-2-3-5-25(24)32(36)39/h2-3,6-17,24-25H,4-5,18H2,1H3/t24-,25+. The zero-order chi connectivity index (χ0) is 28.7. The van der Waals surface area contributed by atoms with Crippen molar-refractivity contribution >= 4 is 56.1 Å². The lowest BCUT2D eigenvalue weighted by Crippen LogP contribution is -2.30. The molecule has 1 aliphatic heterocycles. The molecular formula is C33H25BrN2O5. The minimum absolute atomic E-state index is 0.168. The Kier molecular flexibility index (Phi) is 7.09. The molecule has 0 saturated carbocycles. The summed E-state index contributed by atoms with van der Waals surface area (Å²) < 4.78 is 6.30. The Morgan fingerprint density at radius 2 is 1.56 bits per heavy atom. The van der Waals surface area contributed by atoms with Crippen LogP contribution in [0, 0.1) is 18.8 Å². The summed E-state index contributed by atoms with van der Waals surface area (Å²) in [6, 6.07) is 21.1. The summed E-state index contributed by atoms with van der Waals surface area (Å²) in [5.74, 6) is -1.88. The number of ketones is 1. The Hall–Kier alpha value is -4.43. The van der Waals surface area contributed by atoms with Crippen LogP contribution in [0.4, 0.5) is 5.69 Å². The fourth-order valence-corrected chi connectivity index (χ4v) is 5.68. The summed E-state index contributed by atoms with van der Waals surface area (Å²) in [7, 11) is 0. The quantitative estimate of drug-likeness (QED) is 0.108. The average Bonchev–Trinajstić information content (AvgIpc) is 3.25. The van der Waals surface area contributed by atoms with E-state index in [1.165, 1.54) is 4.90 Å². The van der Waals surface area contributed by atoms with Crippen molar-refractivity contribution in [2.75, 3.05) is 11.5 Å². The van der Waals surface area contributed by atoms with Crippen LogP contribution in [0.25, 0.3) is 22.2 Å². The minimum atomic E-state index is -0.629. The number of allylic oxidation sites excluding steroid dienone is 2. The van der Waals surface area contributed by atoms with Gasteiger partial charge in [-0.2, -0.15) is 0 Å². The molecule has 2 amide bonds. The fourth-order valence-electron chi connectivity index (χ4n) is 5.42. The number of aryl methyl sites for hydroxylation is 1. The van der Waals surface area contributed by atoms with Crippen LogP contribution >= 0.6 is 15.9 Å². The molecule has 1 saturated heterocycles. The van der Waals surface area contributed by atoms with Gasteiger partial charge in [0.2, 0.25) is 11.8 Å². The van der Waals surface area contributed by atoms with E-state index in [0.29, 0.717) is 51.8 Å². The number of benzene rings is 3. The molecule has 0 spiro atoms. The predicted molar refractivity (Wildman–Crippen MR) is 159 cm³/mol. The molecule has 0 radical (unpaired) electrons. The first-order chi connectivity index (χ1) is 19.8. The minimum Gasteiger partial charge on any atom is -0.454 e. The van der Waals surface area contributed by atoms with Crippen molar-refractivity contribution in [1.29, 1.82) is 0 Å². The summed E-state index contributed by atoms with van der Waals surface area (Å²) in [4.78, 5) is 57.9. The van der Waals surface area contributed by atoms with Crippen molar-refractivity contribution in [3.8, 4) is 11.3 Å². The number of aromatic nitrogens is 1. The van der Waals surface area contributed by atoms with Gasteiger partial charge in [-0.3, -0.25) is 19.3 Å². The van der Waals surface area contributed by atoms with Gasteiger partial charge in [0, 0.05) is 21.0 Å². The lowest BCUT2D eigenvalue weighted by molar-refractivity contribution is -0.122. The van der Waals surface area contributed by atoms with E-state index in [0.717, 1.165) is 10.0 Å². The largest absolute Gasteiger partial charge is 0.454 e. The van der Waals surface area contributed by atoms with Crippen LogP contribution in [0.5, 0.6) is 0 Å². The van der Waals surface area contributed by atoms with E-state index in [9.17, 15) is 19.2 Å². The first kappa shape index (κ1) is 26.8. The van der Waals surface area contributed by atoms with Gasteiger partial charge in [-0.15, -0.1) is 0 Å². The first-order valence-corrected chi connectivity index (χ1v) is 14.1. The van der Waals surface area contributed by atoms with Crippen LogP contribution < -0.4 is 4.90 Å². The molecule has 8 heteroatoms. The number of carbonyl (C=O) groups is 4. The lowest BCUT2D eigenvalue weighted by Gasteiger charge is -2.15. The molecule has 6 rings (SSSR count). The molecule has 7 nitrogen and oxygen atoms in total. The number of rotatable bonds is 6.